The molecule has 0 aromatic rings. The second kappa shape index (κ2) is 55.2. The molecular formula is C61H104O6. The quantitative estimate of drug-likeness (QED) is 0.0262. The van der Waals surface area contributed by atoms with Crippen LogP contribution in [0.3, 0.4) is 0 Å². The van der Waals surface area contributed by atoms with E-state index >= 15 is 0 Å². The molecule has 0 fully saturated rings. The molecule has 1 unspecified atom stereocenters. The number of carbonyl (C=O) groups is 3. The highest BCUT2D eigenvalue weighted by molar-refractivity contribution is 5.71. The summed E-state index contributed by atoms with van der Waals surface area (Å²) in [6.45, 7) is 6.50. The fraction of sp³-hybridized carbons (Fsp3) is 0.721. The Labute approximate surface area is 414 Å². The van der Waals surface area contributed by atoms with Crippen LogP contribution < -0.4 is 0 Å². The molecule has 0 aliphatic carbocycles. The van der Waals surface area contributed by atoms with Gasteiger partial charge in [-0.15, -0.1) is 0 Å². The van der Waals surface area contributed by atoms with Gasteiger partial charge in [0.2, 0.25) is 0 Å². The van der Waals surface area contributed by atoms with Crippen molar-refractivity contribution in [1.82, 2.24) is 0 Å². The maximum atomic E-state index is 12.8. The second-order valence-corrected chi connectivity index (χ2v) is 18.5. The highest BCUT2D eigenvalue weighted by atomic mass is 16.6. The van der Waals surface area contributed by atoms with E-state index in [9.17, 15) is 14.4 Å². The van der Waals surface area contributed by atoms with Crippen LogP contribution in [0.4, 0.5) is 0 Å². The van der Waals surface area contributed by atoms with E-state index < -0.39 is 6.10 Å². The molecule has 0 amide bonds. The summed E-state index contributed by atoms with van der Waals surface area (Å²) in [7, 11) is 0. The number of ether oxygens (including phenoxy) is 3. The van der Waals surface area contributed by atoms with Gasteiger partial charge >= 0.3 is 17.9 Å². The summed E-state index contributed by atoms with van der Waals surface area (Å²) in [6, 6.07) is 0. The van der Waals surface area contributed by atoms with Crippen molar-refractivity contribution >= 4 is 17.9 Å². The molecule has 0 radical (unpaired) electrons. The summed E-state index contributed by atoms with van der Waals surface area (Å²) in [5.41, 5.74) is 0. The summed E-state index contributed by atoms with van der Waals surface area (Å²) in [5.74, 6) is -0.922. The summed E-state index contributed by atoms with van der Waals surface area (Å²) < 4.78 is 16.8. The van der Waals surface area contributed by atoms with E-state index in [4.69, 9.17) is 14.2 Å². The third-order valence-corrected chi connectivity index (χ3v) is 11.8. The van der Waals surface area contributed by atoms with Gasteiger partial charge in [-0.2, -0.15) is 0 Å². The van der Waals surface area contributed by atoms with Crippen LogP contribution in [0.15, 0.2) is 85.1 Å². The summed E-state index contributed by atoms with van der Waals surface area (Å²) in [4.78, 5) is 38.1. The number of carbonyl (C=O) groups excluding carboxylic acids is 3. The van der Waals surface area contributed by atoms with Gasteiger partial charge in [0.25, 0.3) is 0 Å². The Hall–Kier alpha value is -3.41. The van der Waals surface area contributed by atoms with E-state index in [1.807, 2.05) is 0 Å². The molecule has 0 aromatic heterocycles. The van der Waals surface area contributed by atoms with Crippen LogP contribution in [0.25, 0.3) is 0 Å². The zero-order chi connectivity index (χ0) is 48.6. The van der Waals surface area contributed by atoms with Crippen molar-refractivity contribution in [2.24, 2.45) is 0 Å². The van der Waals surface area contributed by atoms with Gasteiger partial charge in [0.05, 0.1) is 0 Å². The first-order chi connectivity index (χ1) is 33.0. The van der Waals surface area contributed by atoms with Gasteiger partial charge < -0.3 is 14.2 Å². The van der Waals surface area contributed by atoms with Crippen molar-refractivity contribution in [1.29, 1.82) is 0 Å². The Morgan fingerprint density at radius 1 is 0.299 bits per heavy atom. The number of hydrogen-bond acceptors (Lipinski definition) is 6. The fourth-order valence-electron chi connectivity index (χ4n) is 7.58. The molecule has 67 heavy (non-hydrogen) atoms. The first-order valence-electron chi connectivity index (χ1n) is 28.1. The van der Waals surface area contributed by atoms with Crippen LogP contribution in [0.5, 0.6) is 0 Å². The van der Waals surface area contributed by atoms with Gasteiger partial charge in [-0.25, -0.2) is 0 Å². The Kier molecular flexibility index (Phi) is 52.4. The van der Waals surface area contributed by atoms with Gasteiger partial charge in [0, 0.05) is 19.3 Å². The molecule has 0 heterocycles. The average molecular weight is 933 g/mol. The maximum absolute atomic E-state index is 12.8. The molecule has 0 aliphatic heterocycles. The third-order valence-electron chi connectivity index (χ3n) is 11.8. The average Bonchev–Trinajstić information content (AvgIpc) is 3.33. The highest BCUT2D eigenvalue weighted by Gasteiger charge is 2.19. The fourth-order valence-corrected chi connectivity index (χ4v) is 7.58. The standard InChI is InChI=1S/C61H104O6/c1-4-7-10-13-16-19-22-25-27-29-30-32-33-36-39-42-45-48-51-54-60(63)66-57-58(56-65-59(62)53-50-47-44-41-38-35-24-21-18-15-12-9-6-3)67-61(64)55-52-49-46-43-40-37-34-31-28-26-23-20-17-14-11-8-5-2/h12,15-17,19-21,24-28,30,32,58H,4-11,13-14,18,22-23,29,31,33-57H2,1-3H3/b15-12-,19-16-,20-17-,24-21-,27-25-,28-26-,32-30-. The van der Waals surface area contributed by atoms with Crippen molar-refractivity contribution in [2.45, 2.75) is 271 Å². The number of esters is 3. The predicted octanol–water partition coefficient (Wildman–Crippen LogP) is 18.8. The molecule has 0 saturated carbocycles. The summed E-state index contributed by atoms with van der Waals surface area (Å²) in [6.07, 6.45) is 71.3. The maximum Gasteiger partial charge on any atom is 0.306 e. The van der Waals surface area contributed by atoms with Crippen molar-refractivity contribution < 1.29 is 28.6 Å². The highest BCUT2D eigenvalue weighted by Crippen LogP contribution is 2.14. The molecule has 6 nitrogen and oxygen atoms in total. The summed E-state index contributed by atoms with van der Waals surface area (Å²) >= 11 is 0. The van der Waals surface area contributed by atoms with Gasteiger partial charge in [-0.1, -0.05) is 215 Å². The van der Waals surface area contributed by atoms with Gasteiger partial charge in [-0.3, -0.25) is 14.4 Å². The molecule has 384 valence electrons. The molecule has 1 atom stereocenters. The van der Waals surface area contributed by atoms with Crippen LogP contribution in [0.1, 0.15) is 265 Å². The molecular weight excluding hydrogens is 829 g/mol. The summed E-state index contributed by atoms with van der Waals surface area (Å²) in [5, 5.41) is 0. The van der Waals surface area contributed by atoms with Gasteiger partial charge in [-0.05, 0) is 116 Å². The van der Waals surface area contributed by atoms with Crippen molar-refractivity contribution in [3.63, 3.8) is 0 Å². The SMILES string of the molecule is CCC/C=C\C/C=C\CCCCCCCC(=O)OCC(COC(=O)CCCCCCCC/C=C\C/C=C\C/C=C\CCCCC)OC(=O)CCCCCCCCC/C=C\C/C=C\CCCCC. The molecule has 0 spiro atoms. The lowest BCUT2D eigenvalue weighted by molar-refractivity contribution is -0.167. The van der Waals surface area contributed by atoms with E-state index in [-0.39, 0.29) is 31.1 Å². The first-order valence-corrected chi connectivity index (χ1v) is 28.1. The lowest BCUT2D eigenvalue weighted by Crippen LogP contribution is -2.30. The second-order valence-electron chi connectivity index (χ2n) is 18.5. The van der Waals surface area contributed by atoms with Crippen LogP contribution in [0.2, 0.25) is 0 Å². The Morgan fingerprint density at radius 2 is 0.567 bits per heavy atom. The van der Waals surface area contributed by atoms with E-state index in [0.29, 0.717) is 19.3 Å². The normalized spacial score (nSPS) is 12.7. The number of allylic oxidation sites excluding steroid dienone is 14. The molecule has 0 aromatic carbocycles. The van der Waals surface area contributed by atoms with Crippen LogP contribution in [0, 0.1) is 0 Å². The molecule has 0 saturated heterocycles. The Bertz CT molecular complexity index is 1300. The largest absolute Gasteiger partial charge is 0.462 e. The molecule has 0 bridgehead atoms. The lowest BCUT2D eigenvalue weighted by Gasteiger charge is -2.18. The van der Waals surface area contributed by atoms with Crippen molar-refractivity contribution in [2.75, 3.05) is 13.2 Å². The van der Waals surface area contributed by atoms with E-state index in [0.717, 1.165) is 122 Å². The Morgan fingerprint density at radius 3 is 0.896 bits per heavy atom. The lowest BCUT2D eigenvalue weighted by atomic mass is 10.1. The monoisotopic (exact) mass is 933 g/mol. The Balaban J connectivity index is 4.42. The minimum Gasteiger partial charge on any atom is -0.462 e. The van der Waals surface area contributed by atoms with Crippen molar-refractivity contribution in [3.8, 4) is 0 Å². The minimum atomic E-state index is -0.793. The smallest absolute Gasteiger partial charge is 0.306 e. The predicted molar refractivity (Wildman–Crippen MR) is 288 cm³/mol. The van der Waals surface area contributed by atoms with E-state index in [1.165, 1.54) is 103 Å². The molecule has 0 aliphatic rings. The van der Waals surface area contributed by atoms with Crippen LogP contribution in [-0.2, 0) is 28.6 Å². The van der Waals surface area contributed by atoms with Gasteiger partial charge in [0.15, 0.2) is 6.10 Å². The van der Waals surface area contributed by atoms with Gasteiger partial charge in [0.1, 0.15) is 13.2 Å². The van der Waals surface area contributed by atoms with E-state index in [1.54, 1.807) is 0 Å². The number of unbranched alkanes of at least 4 members (excludes halogenated alkanes) is 25. The van der Waals surface area contributed by atoms with Crippen LogP contribution in [-0.4, -0.2) is 37.2 Å². The van der Waals surface area contributed by atoms with E-state index in [2.05, 4.69) is 106 Å². The number of hydrogen-bond donors (Lipinski definition) is 0. The van der Waals surface area contributed by atoms with Crippen LogP contribution >= 0.6 is 0 Å². The number of rotatable bonds is 50. The molecule has 0 rings (SSSR count). The zero-order valence-corrected chi connectivity index (χ0v) is 43.9. The topological polar surface area (TPSA) is 78.9 Å². The first kappa shape index (κ1) is 63.6. The zero-order valence-electron chi connectivity index (χ0n) is 43.9. The molecule has 6 heteroatoms. The molecule has 0 N–H and O–H groups in total. The van der Waals surface area contributed by atoms with Crippen molar-refractivity contribution in [3.05, 3.63) is 85.1 Å². The third kappa shape index (κ3) is 53.4. The minimum absolute atomic E-state index is 0.0915.